The highest BCUT2D eigenvalue weighted by Gasteiger charge is 2.32. The van der Waals surface area contributed by atoms with Crippen LogP contribution in [0.3, 0.4) is 0 Å². The average Bonchev–Trinajstić information content (AvgIpc) is 2.67. The number of Topliss-reactive ketones (excluding diaryl/α,β-unsaturated/α-hetero) is 1. The van der Waals surface area contributed by atoms with Crippen LogP contribution in [0.15, 0.2) is 24.3 Å². The molecule has 2 aliphatic rings. The standard InChI is InChI=1S/C22H35N3O3S/c1-22(2,3)29(27,28)24-19-6-4-17(5-7-19)16-23-18-8-10-20(11-9-18)25-14-12-21(26)13-15-25/h8-11,17,19,23-24H,4-7,12-16H2,1-3H3. The van der Waals surface area contributed by atoms with Crippen molar-refractivity contribution < 1.29 is 13.2 Å². The number of anilines is 2. The molecule has 1 saturated heterocycles. The molecule has 0 bridgehead atoms. The van der Waals surface area contributed by atoms with Gasteiger partial charge in [-0.1, -0.05) is 0 Å². The molecule has 0 atom stereocenters. The Labute approximate surface area is 175 Å². The van der Waals surface area contributed by atoms with Gasteiger partial charge in [0, 0.05) is 49.9 Å². The second kappa shape index (κ2) is 9.04. The number of hydrogen-bond donors (Lipinski definition) is 2. The van der Waals surface area contributed by atoms with Crippen molar-refractivity contribution in [3.63, 3.8) is 0 Å². The van der Waals surface area contributed by atoms with Gasteiger partial charge in [-0.05, 0) is 76.6 Å². The summed E-state index contributed by atoms with van der Waals surface area (Å²) in [4.78, 5) is 13.7. The minimum absolute atomic E-state index is 0.0613. The predicted molar refractivity (Wildman–Crippen MR) is 119 cm³/mol. The maximum Gasteiger partial charge on any atom is 0.216 e. The summed E-state index contributed by atoms with van der Waals surface area (Å²) in [5.41, 5.74) is 2.28. The van der Waals surface area contributed by atoms with Crippen molar-refractivity contribution in [2.75, 3.05) is 29.9 Å². The van der Waals surface area contributed by atoms with Crippen molar-refractivity contribution in [3.8, 4) is 0 Å². The summed E-state index contributed by atoms with van der Waals surface area (Å²) in [7, 11) is -3.27. The Balaban J connectivity index is 1.42. The zero-order chi connectivity index (χ0) is 21.1. The van der Waals surface area contributed by atoms with Gasteiger partial charge in [-0.3, -0.25) is 4.79 Å². The van der Waals surface area contributed by atoms with Gasteiger partial charge in [-0.15, -0.1) is 0 Å². The summed E-state index contributed by atoms with van der Waals surface area (Å²) in [6, 6.07) is 8.52. The quantitative estimate of drug-likeness (QED) is 0.734. The first-order chi connectivity index (χ1) is 13.6. The SMILES string of the molecule is CC(C)(C)S(=O)(=O)NC1CCC(CNc2ccc(N3CCC(=O)CC3)cc2)CC1. The van der Waals surface area contributed by atoms with Crippen LogP contribution >= 0.6 is 0 Å². The molecule has 1 saturated carbocycles. The number of piperidine rings is 1. The fraction of sp³-hybridized carbons (Fsp3) is 0.682. The topological polar surface area (TPSA) is 78.5 Å². The van der Waals surface area contributed by atoms with Crippen LogP contribution in [-0.4, -0.2) is 44.6 Å². The number of nitrogens with zero attached hydrogens (tertiary/aromatic N) is 1. The van der Waals surface area contributed by atoms with Crippen LogP contribution in [0.4, 0.5) is 11.4 Å². The van der Waals surface area contributed by atoms with Gasteiger partial charge in [0.1, 0.15) is 5.78 Å². The van der Waals surface area contributed by atoms with E-state index in [1.165, 1.54) is 5.69 Å². The number of carbonyl (C=O) groups is 1. The normalized spacial score (nSPS) is 23.8. The molecule has 162 valence electrons. The second-order valence-corrected chi connectivity index (χ2v) is 11.9. The number of sulfonamides is 1. The molecule has 1 heterocycles. The number of rotatable bonds is 6. The van der Waals surface area contributed by atoms with E-state index in [-0.39, 0.29) is 6.04 Å². The van der Waals surface area contributed by atoms with Gasteiger partial charge < -0.3 is 10.2 Å². The Kier molecular flexibility index (Phi) is 6.89. The monoisotopic (exact) mass is 421 g/mol. The molecule has 3 rings (SSSR count). The van der Waals surface area contributed by atoms with E-state index in [2.05, 4.69) is 39.2 Å². The van der Waals surface area contributed by atoms with Crippen molar-refractivity contribution in [2.45, 2.75) is 70.1 Å². The summed E-state index contributed by atoms with van der Waals surface area (Å²) in [6.07, 6.45) is 5.15. The van der Waals surface area contributed by atoms with Crippen LogP contribution in [-0.2, 0) is 14.8 Å². The number of hydrogen-bond acceptors (Lipinski definition) is 5. The molecule has 6 nitrogen and oxygen atoms in total. The first-order valence-electron chi connectivity index (χ1n) is 10.8. The van der Waals surface area contributed by atoms with Crippen LogP contribution in [0.5, 0.6) is 0 Å². The smallest absolute Gasteiger partial charge is 0.216 e. The third-order valence-corrected chi connectivity index (χ3v) is 8.38. The van der Waals surface area contributed by atoms with Gasteiger partial charge in [0.15, 0.2) is 0 Å². The Hall–Kier alpha value is -1.60. The van der Waals surface area contributed by atoms with E-state index in [0.717, 1.165) is 51.0 Å². The average molecular weight is 422 g/mol. The van der Waals surface area contributed by atoms with E-state index in [1.54, 1.807) is 20.8 Å². The van der Waals surface area contributed by atoms with E-state index in [4.69, 9.17) is 0 Å². The van der Waals surface area contributed by atoms with Crippen molar-refractivity contribution >= 4 is 27.2 Å². The molecule has 1 aliphatic carbocycles. The predicted octanol–water partition coefficient (Wildman–Crippen LogP) is 3.54. The fourth-order valence-electron chi connectivity index (χ4n) is 3.95. The second-order valence-electron chi connectivity index (χ2n) is 9.40. The van der Waals surface area contributed by atoms with Crippen molar-refractivity contribution in [2.24, 2.45) is 5.92 Å². The molecular formula is C22H35N3O3S. The number of ketones is 1. The van der Waals surface area contributed by atoms with Crippen molar-refractivity contribution in [3.05, 3.63) is 24.3 Å². The molecule has 0 amide bonds. The van der Waals surface area contributed by atoms with Gasteiger partial charge in [-0.25, -0.2) is 13.1 Å². The highest BCUT2D eigenvalue weighted by atomic mass is 32.2. The minimum Gasteiger partial charge on any atom is -0.385 e. The van der Waals surface area contributed by atoms with E-state index >= 15 is 0 Å². The summed E-state index contributed by atoms with van der Waals surface area (Å²) in [6.45, 7) is 7.75. The third kappa shape index (κ3) is 5.95. The molecule has 1 aromatic rings. The Morgan fingerprint density at radius 3 is 2.14 bits per heavy atom. The van der Waals surface area contributed by atoms with E-state index in [9.17, 15) is 13.2 Å². The molecule has 29 heavy (non-hydrogen) atoms. The molecule has 1 aromatic carbocycles. The molecule has 0 aromatic heterocycles. The zero-order valence-corrected chi connectivity index (χ0v) is 18.7. The summed E-state index contributed by atoms with van der Waals surface area (Å²) >= 11 is 0. The molecule has 7 heteroatoms. The molecule has 2 fully saturated rings. The summed E-state index contributed by atoms with van der Waals surface area (Å²) in [5.74, 6) is 0.929. The van der Waals surface area contributed by atoms with Crippen LogP contribution in [0.1, 0.15) is 59.3 Å². The molecule has 0 radical (unpaired) electrons. The lowest BCUT2D eigenvalue weighted by Crippen LogP contribution is -2.46. The molecule has 1 aliphatic heterocycles. The highest BCUT2D eigenvalue weighted by Crippen LogP contribution is 2.27. The Bertz CT molecular complexity index is 782. The Morgan fingerprint density at radius 2 is 1.59 bits per heavy atom. The van der Waals surface area contributed by atoms with E-state index in [1.807, 2.05) is 0 Å². The molecule has 0 spiro atoms. The zero-order valence-electron chi connectivity index (χ0n) is 17.9. The molecule has 0 unspecified atom stereocenters. The maximum atomic E-state index is 12.3. The number of benzene rings is 1. The van der Waals surface area contributed by atoms with E-state index < -0.39 is 14.8 Å². The van der Waals surface area contributed by atoms with Crippen LogP contribution in [0.25, 0.3) is 0 Å². The lowest BCUT2D eigenvalue weighted by molar-refractivity contribution is -0.119. The number of nitrogens with one attached hydrogen (secondary N) is 2. The lowest BCUT2D eigenvalue weighted by Gasteiger charge is -2.31. The van der Waals surface area contributed by atoms with Crippen molar-refractivity contribution in [1.82, 2.24) is 4.72 Å². The third-order valence-electron chi connectivity index (χ3n) is 6.12. The maximum absolute atomic E-state index is 12.3. The largest absolute Gasteiger partial charge is 0.385 e. The van der Waals surface area contributed by atoms with Gasteiger partial charge in [0.2, 0.25) is 10.0 Å². The first kappa shape index (κ1) is 22.1. The minimum atomic E-state index is -3.27. The van der Waals surface area contributed by atoms with Gasteiger partial charge >= 0.3 is 0 Å². The van der Waals surface area contributed by atoms with E-state index in [0.29, 0.717) is 24.5 Å². The molecule has 2 N–H and O–H groups in total. The molecular weight excluding hydrogens is 386 g/mol. The summed E-state index contributed by atoms with van der Waals surface area (Å²) < 4.78 is 26.8. The van der Waals surface area contributed by atoms with Gasteiger partial charge in [0.25, 0.3) is 0 Å². The summed E-state index contributed by atoms with van der Waals surface area (Å²) in [5, 5.41) is 3.53. The van der Waals surface area contributed by atoms with Crippen LogP contribution < -0.4 is 14.9 Å². The van der Waals surface area contributed by atoms with Crippen LogP contribution in [0, 0.1) is 5.92 Å². The van der Waals surface area contributed by atoms with Gasteiger partial charge in [0.05, 0.1) is 4.75 Å². The first-order valence-corrected chi connectivity index (χ1v) is 12.2. The fourth-order valence-corrected chi connectivity index (χ4v) is 4.98. The van der Waals surface area contributed by atoms with Crippen LogP contribution in [0.2, 0.25) is 0 Å². The van der Waals surface area contributed by atoms with Crippen molar-refractivity contribution in [1.29, 1.82) is 0 Å². The Morgan fingerprint density at radius 1 is 1.00 bits per heavy atom. The lowest BCUT2D eigenvalue weighted by atomic mass is 9.86. The highest BCUT2D eigenvalue weighted by molar-refractivity contribution is 7.90. The number of carbonyl (C=O) groups excluding carboxylic acids is 1. The van der Waals surface area contributed by atoms with Gasteiger partial charge in [-0.2, -0.15) is 0 Å².